The van der Waals surface area contributed by atoms with Gasteiger partial charge in [-0.3, -0.25) is 9.59 Å². The van der Waals surface area contributed by atoms with Crippen LogP contribution in [0, 0.1) is 0 Å². The molecule has 0 saturated heterocycles. The second-order valence-electron chi connectivity index (χ2n) is 6.95. The number of nitrogens with zero attached hydrogens (tertiary/aromatic N) is 1. The van der Waals surface area contributed by atoms with Crippen LogP contribution in [0.15, 0.2) is 69.9 Å². The molecule has 0 fully saturated rings. The molecule has 1 aromatic heterocycles. The maximum Gasteiger partial charge on any atom is 0.262 e. The zero-order chi connectivity index (χ0) is 23.4. The van der Waals surface area contributed by atoms with E-state index in [4.69, 9.17) is 14.2 Å². The monoisotopic (exact) mass is 509 g/mol. The van der Waals surface area contributed by atoms with Crippen molar-refractivity contribution in [3.8, 4) is 28.6 Å². The lowest BCUT2D eigenvalue weighted by Crippen LogP contribution is -2.20. The van der Waals surface area contributed by atoms with Gasteiger partial charge in [-0.25, -0.2) is 4.98 Å². The Morgan fingerprint density at radius 2 is 1.73 bits per heavy atom. The fourth-order valence-electron chi connectivity index (χ4n) is 3.28. The van der Waals surface area contributed by atoms with Crippen molar-refractivity contribution >= 4 is 38.4 Å². The molecule has 0 aliphatic rings. The summed E-state index contributed by atoms with van der Waals surface area (Å²) in [5.74, 6) is 1.31. The topological polar surface area (TPSA) is 103 Å². The van der Waals surface area contributed by atoms with Crippen molar-refractivity contribution in [1.29, 1.82) is 0 Å². The maximum atomic E-state index is 12.5. The molecule has 1 heterocycles. The predicted molar refractivity (Wildman–Crippen MR) is 129 cm³/mol. The summed E-state index contributed by atoms with van der Waals surface area (Å²) < 4.78 is 17.0. The quantitative estimate of drug-likeness (QED) is 0.383. The largest absolute Gasteiger partial charge is 0.495 e. The highest BCUT2D eigenvalue weighted by Gasteiger charge is 2.16. The average Bonchev–Trinajstić information content (AvgIpc) is 2.83. The highest BCUT2D eigenvalue weighted by Crippen LogP contribution is 2.37. The molecule has 168 valence electrons. The molecule has 2 N–H and O–H groups in total. The van der Waals surface area contributed by atoms with E-state index in [9.17, 15) is 9.59 Å². The Morgan fingerprint density at radius 1 is 1.00 bits per heavy atom. The minimum absolute atomic E-state index is 0.241. The van der Waals surface area contributed by atoms with Gasteiger partial charge in [0.1, 0.15) is 11.6 Å². The molecule has 0 bridgehead atoms. The van der Waals surface area contributed by atoms with Gasteiger partial charge >= 0.3 is 0 Å². The molecule has 4 aromatic rings. The maximum absolute atomic E-state index is 12.5. The number of hydrogen-bond donors (Lipinski definition) is 2. The zero-order valence-electron chi connectivity index (χ0n) is 17.8. The van der Waals surface area contributed by atoms with Gasteiger partial charge in [0.05, 0.1) is 30.8 Å². The summed E-state index contributed by atoms with van der Waals surface area (Å²) in [4.78, 5) is 32.2. The summed E-state index contributed by atoms with van der Waals surface area (Å²) >= 11 is 3.50. The van der Waals surface area contributed by atoms with E-state index in [2.05, 4.69) is 31.2 Å². The van der Waals surface area contributed by atoms with E-state index in [0.717, 1.165) is 0 Å². The van der Waals surface area contributed by atoms with Crippen LogP contribution in [0.2, 0.25) is 0 Å². The molecule has 0 spiro atoms. The molecule has 0 atom stereocenters. The third-order valence-corrected chi connectivity index (χ3v) is 5.52. The second kappa shape index (κ2) is 9.74. The molecule has 1 amide bonds. The number of ether oxygens (including phenoxy) is 3. The molecule has 0 unspecified atom stereocenters. The summed E-state index contributed by atoms with van der Waals surface area (Å²) in [6.07, 6.45) is 0. The molecule has 3 aromatic carbocycles. The number of benzene rings is 3. The highest BCUT2D eigenvalue weighted by molar-refractivity contribution is 9.10. The summed E-state index contributed by atoms with van der Waals surface area (Å²) in [7, 11) is 3.02. The molecule has 0 saturated carbocycles. The van der Waals surface area contributed by atoms with E-state index >= 15 is 0 Å². The Labute approximate surface area is 197 Å². The van der Waals surface area contributed by atoms with Gasteiger partial charge in [0, 0.05) is 10.0 Å². The standard InChI is InChI=1S/C24H20BrN3O5/c1-31-19-10-6-5-9-18(19)26-22(29)13-33-21-12-16(25)15(11-20(21)32-2)23-27-17-8-4-3-7-14(17)24(30)28-23/h3-12H,13H2,1-2H3,(H,26,29)(H,27,28,30). The first kappa shape index (κ1) is 22.3. The van der Waals surface area contributed by atoms with E-state index in [-0.39, 0.29) is 18.1 Å². The smallest absolute Gasteiger partial charge is 0.262 e. The van der Waals surface area contributed by atoms with Crippen molar-refractivity contribution in [1.82, 2.24) is 9.97 Å². The van der Waals surface area contributed by atoms with Crippen molar-refractivity contribution in [2.75, 3.05) is 26.1 Å². The highest BCUT2D eigenvalue weighted by atomic mass is 79.9. The molecule has 0 aliphatic carbocycles. The number of methoxy groups -OCH3 is 2. The van der Waals surface area contributed by atoms with Gasteiger partial charge in [0.2, 0.25) is 0 Å². The van der Waals surface area contributed by atoms with Crippen LogP contribution >= 0.6 is 15.9 Å². The van der Waals surface area contributed by atoms with Gasteiger partial charge in [-0.2, -0.15) is 0 Å². The number of carbonyl (C=O) groups is 1. The van der Waals surface area contributed by atoms with Crippen molar-refractivity contribution < 1.29 is 19.0 Å². The SMILES string of the molecule is COc1ccccc1NC(=O)COc1cc(Br)c(-c2nc3ccccc3c(=O)[nH]2)cc1OC. The molecule has 9 heteroatoms. The molecule has 8 nitrogen and oxygen atoms in total. The number of H-pyrrole nitrogens is 1. The number of fused-ring (bicyclic) bond motifs is 1. The summed E-state index contributed by atoms with van der Waals surface area (Å²) in [6.45, 7) is -0.245. The van der Waals surface area contributed by atoms with Crippen LogP contribution in [0.1, 0.15) is 0 Å². The van der Waals surface area contributed by atoms with Crippen LogP contribution in [0.4, 0.5) is 5.69 Å². The number of hydrogen-bond acceptors (Lipinski definition) is 6. The number of aromatic nitrogens is 2. The number of amides is 1. The lowest BCUT2D eigenvalue weighted by Gasteiger charge is -2.14. The second-order valence-corrected chi connectivity index (χ2v) is 7.81. The normalized spacial score (nSPS) is 10.6. The van der Waals surface area contributed by atoms with E-state index in [1.165, 1.54) is 14.2 Å². The van der Waals surface area contributed by atoms with Crippen LogP contribution in [-0.4, -0.2) is 36.7 Å². The first-order valence-corrected chi connectivity index (χ1v) is 10.7. The first-order valence-electron chi connectivity index (χ1n) is 9.92. The number of anilines is 1. The van der Waals surface area contributed by atoms with E-state index in [1.54, 1.807) is 48.5 Å². The van der Waals surface area contributed by atoms with E-state index < -0.39 is 0 Å². The van der Waals surface area contributed by atoms with Crippen LogP contribution < -0.4 is 25.1 Å². The predicted octanol–water partition coefficient (Wildman–Crippen LogP) is 4.39. The third kappa shape index (κ3) is 4.83. The van der Waals surface area contributed by atoms with Crippen LogP contribution in [0.25, 0.3) is 22.3 Å². The Bertz CT molecular complexity index is 1390. The van der Waals surface area contributed by atoms with Crippen molar-refractivity contribution in [2.24, 2.45) is 0 Å². The van der Waals surface area contributed by atoms with Crippen LogP contribution in [-0.2, 0) is 4.79 Å². The zero-order valence-corrected chi connectivity index (χ0v) is 19.4. The molecule has 33 heavy (non-hydrogen) atoms. The van der Waals surface area contributed by atoms with E-state index in [1.807, 2.05) is 12.1 Å². The number of halogens is 1. The number of para-hydroxylation sites is 3. The Balaban J connectivity index is 1.57. The lowest BCUT2D eigenvalue weighted by atomic mass is 10.1. The van der Waals surface area contributed by atoms with Gasteiger partial charge in [0.15, 0.2) is 18.1 Å². The molecular weight excluding hydrogens is 490 g/mol. The summed E-state index contributed by atoms with van der Waals surface area (Å²) in [5, 5.41) is 3.26. The van der Waals surface area contributed by atoms with Gasteiger partial charge in [0.25, 0.3) is 11.5 Å². The number of rotatable bonds is 7. The first-order chi connectivity index (χ1) is 16.0. The Morgan fingerprint density at radius 3 is 2.52 bits per heavy atom. The number of nitrogens with one attached hydrogen (secondary N) is 2. The van der Waals surface area contributed by atoms with Gasteiger partial charge in [-0.1, -0.05) is 24.3 Å². The van der Waals surface area contributed by atoms with Gasteiger partial charge < -0.3 is 24.5 Å². The minimum Gasteiger partial charge on any atom is -0.495 e. The minimum atomic E-state index is -0.359. The molecule has 0 aliphatic heterocycles. The molecule has 4 rings (SSSR count). The third-order valence-electron chi connectivity index (χ3n) is 4.86. The fourth-order valence-corrected chi connectivity index (χ4v) is 3.79. The van der Waals surface area contributed by atoms with Gasteiger partial charge in [-0.15, -0.1) is 0 Å². The number of carbonyl (C=O) groups excluding carboxylic acids is 1. The van der Waals surface area contributed by atoms with Crippen LogP contribution in [0.5, 0.6) is 17.2 Å². The van der Waals surface area contributed by atoms with Crippen molar-refractivity contribution in [3.63, 3.8) is 0 Å². The lowest BCUT2D eigenvalue weighted by molar-refractivity contribution is -0.118. The van der Waals surface area contributed by atoms with E-state index in [0.29, 0.717) is 49.7 Å². The number of aromatic amines is 1. The van der Waals surface area contributed by atoms with Crippen molar-refractivity contribution in [3.05, 3.63) is 75.5 Å². The average molecular weight is 510 g/mol. The van der Waals surface area contributed by atoms with Crippen LogP contribution in [0.3, 0.4) is 0 Å². The fraction of sp³-hybridized carbons (Fsp3) is 0.125. The molecule has 0 radical (unpaired) electrons. The molecular formula is C24H20BrN3O5. The summed E-state index contributed by atoms with van der Waals surface area (Å²) in [5.41, 5.74) is 1.49. The van der Waals surface area contributed by atoms with Gasteiger partial charge in [-0.05, 0) is 52.3 Å². The Hall–Kier alpha value is -3.85. The Kier molecular flexibility index (Phi) is 6.60. The van der Waals surface area contributed by atoms with Crippen molar-refractivity contribution in [2.45, 2.75) is 0 Å². The summed E-state index contributed by atoms with van der Waals surface area (Å²) in [6, 6.07) is 17.5.